The van der Waals surface area contributed by atoms with Gasteiger partial charge < -0.3 is 14.8 Å². The van der Waals surface area contributed by atoms with Crippen molar-refractivity contribution < 1.29 is 19.1 Å². The van der Waals surface area contributed by atoms with Crippen molar-refractivity contribution in [2.75, 3.05) is 5.32 Å². The second-order valence-corrected chi connectivity index (χ2v) is 6.99. The summed E-state index contributed by atoms with van der Waals surface area (Å²) in [5.74, 6) is -2.77. The Balaban J connectivity index is 1.57. The molecule has 8 nitrogen and oxygen atoms in total. The maximum absolute atomic E-state index is 12.0. The zero-order valence-corrected chi connectivity index (χ0v) is 15.7. The molecule has 1 aliphatic heterocycles. The smallest absolute Gasteiger partial charge is 0.350 e. The van der Waals surface area contributed by atoms with Gasteiger partial charge in [0.15, 0.2) is 5.57 Å². The predicted molar refractivity (Wildman–Crippen MR) is 102 cm³/mol. The highest BCUT2D eigenvalue weighted by atomic mass is 35.5. The first-order chi connectivity index (χ1) is 13.3. The van der Waals surface area contributed by atoms with Gasteiger partial charge in [0.1, 0.15) is 11.0 Å². The molecule has 9 heteroatoms. The fourth-order valence-corrected chi connectivity index (χ4v) is 2.75. The summed E-state index contributed by atoms with van der Waals surface area (Å²) >= 11 is 5.90. The number of anilines is 1. The molecule has 2 aromatic carbocycles. The molecule has 1 N–H and O–H groups in total. The average Bonchev–Trinajstić information content (AvgIpc) is 3.04. The number of carbonyl (C=O) groups excluding carboxylic acids is 2. The summed E-state index contributed by atoms with van der Waals surface area (Å²) in [5, 5.41) is 12.4. The SMILES string of the molecule is CC1(C)OC(=O)C(=CNc2ccc3nn(-c4ccc(Cl)cc4)nc3c2)C(=O)O1. The van der Waals surface area contributed by atoms with Crippen LogP contribution in [0, 0.1) is 0 Å². The summed E-state index contributed by atoms with van der Waals surface area (Å²) in [4.78, 5) is 25.4. The van der Waals surface area contributed by atoms with Gasteiger partial charge in [-0.15, -0.1) is 10.2 Å². The molecule has 1 aliphatic rings. The second kappa shape index (κ2) is 6.65. The largest absolute Gasteiger partial charge is 0.419 e. The van der Waals surface area contributed by atoms with E-state index in [0.717, 1.165) is 5.69 Å². The summed E-state index contributed by atoms with van der Waals surface area (Å²) in [6.45, 7) is 2.98. The van der Waals surface area contributed by atoms with Crippen LogP contribution in [0.1, 0.15) is 13.8 Å². The lowest BCUT2D eigenvalue weighted by Gasteiger charge is -2.29. The van der Waals surface area contributed by atoms with Crippen molar-refractivity contribution in [3.8, 4) is 5.69 Å². The van der Waals surface area contributed by atoms with Crippen LogP contribution in [0.4, 0.5) is 5.69 Å². The standard InChI is InChI=1S/C19H15ClN4O4/c1-19(2)27-17(25)14(18(26)28-19)10-21-12-5-8-15-16(9-12)23-24(22-15)13-6-3-11(20)4-7-13/h3-10,21H,1-2H3. The number of fused-ring (bicyclic) bond motifs is 1. The average molecular weight is 399 g/mol. The van der Waals surface area contributed by atoms with Gasteiger partial charge in [-0.2, -0.15) is 4.80 Å². The number of aromatic nitrogens is 3. The van der Waals surface area contributed by atoms with Crippen LogP contribution in [0.3, 0.4) is 0 Å². The van der Waals surface area contributed by atoms with E-state index in [2.05, 4.69) is 15.5 Å². The monoisotopic (exact) mass is 398 g/mol. The van der Waals surface area contributed by atoms with Gasteiger partial charge in [-0.05, 0) is 42.5 Å². The number of esters is 2. The van der Waals surface area contributed by atoms with E-state index in [-0.39, 0.29) is 5.57 Å². The number of nitrogens with one attached hydrogen (secondary N) is 1. The molecule has 2 heterocycles. The number of cyclic esters (lactones) is 2. The van der Waals surface area contributed by atoms with Crippen molar-refractivity contribution in [1.82, 2.24) is 15.0 Å². The van der Waals surface area contributed by atoms with Crippen LogP contribution in [-0.2, 0) is 19.1 Å². The number of halogens is 1. The number of benzene rings is 2. The molecule has 28 heavy (non-hydrogen) atoms. The lowest BCUT2D eigenvalue weighted by Crippen LogP contribution is -2.42. The van der Waals surface area contributed by atoms with Gasteiger partial charge in [-0.1, -0.05) is 11.6 Å². The first kappa shape index (κ1) is 18.0. The maximum atomic E-state index is 12.0. The van der Waals surface area contributed by atoms with Crippen LogP contribution >= 0.6 is 11.6 Å². The highest BCUT2D eigenvalue weighted by Gasteiger charge is 2.38. The number of carbonyl (C=O) groups is 2. The third-order valence-electron chi connectivity index (χ3n) is 3.94. The number of nitrogens with zero attached hydrogens (tertiary/aromatic N) is 3. The third-order valence-corrected chi connectivity index (χ3v) is 4.19. The highest BCUT2D eigenvalue weighted by molar-refractivity contribution is 6.30. The molecule has 0 atom stereocenters. The van der Waals surface area contributed by atoms with Crippen molar-refractivity contribution in [1.29, 1.82) is 0 Å². The summed E-state index contributed by atoms with van der Waals surface area (Å²) in [5.41, 5.74) is 2.49. The van der Waals surface area contributed by atoms with Crippen molar-refractivity contribution in [2.45, 2.75) is 19.6 Å². The minimum atomic E-state index is -1.27. The maximum Gasteiger partial charge on any atom is 0.350 e. The Labute approximate surface area is 164 Å². The molecule has 142 valence electrons. The Morgan fingerprint density at radius 3 is 2.32 bits per heavy atom. The van der Waals surface area contributed by atoms with E-state index < -0.39 is 17.7 Å². The van der Waals surface area contributed by atoms with Crippen molar-refractivity contribution in [2.24, 2.45) is 0 Å². The zero-order chi connectivity index (χ0) is 19.9. The predicted octanol–water partition coefficient (Wildman–Crippen LogP) is 3.21. The van der Waals surface area contributed by atoms with Crippen LogP contribution in [-0.4, -0.2) is 32.7 Å². The third kappa shape index (κ3) is 3.54. The molecule has 0 spiro atoms. The van der Waals surface area contributed by atoms with Gasteiger partial charge in [-0.3, -0.25) is 0 Å². The van der Waals surface area contributed by atoms with E-state index in [4.69, 9.17) is 21.1 Å². The number of hydrogen-bond donors (Lipinski definition) is 1. The summed E-state index contributed by atoms with van der Waals surface area (Å²) < 4.78 is 10.1. The van der Waals surface area contributed by atoms with Crippen LogP contribution in [0.5, 0.6) is 0 Å². The van der Waals surface area contributed by atoms with Crippen molar-refractivity contribution >= 4 is 40.3 Å². The van der Waals surface area contributed by atoms with Gasteiger partial charge in [0, 0.05) is 30.8 Å². The molecular weight excluding hydrogens is 384 g/mol. The Hall–Kier alpha value is -3.39. The van der Waals surface area contributed by atoms with E-state index in [1.807, 2.05) is 12.1 Å². The Bertz CT molecular complexity index is 1100. The van der Waals surface area contributed by atoms with E-state index in [1.54, 1.807) is 30.3 Å². The van der Waals surface area contributed by atoms with Crippen LogP contribution < -0.4 is 5.32 Å². The second-order valence-electron chi connectivity index (χ2n) is 6.55. The number of hydrogen-bond acceptors (Lipinski definition) is 7. The molecule has 0 amide bonds. The number of rotatable bonds is 3. The molecule has 1 aromatic heterocycles. The Morgan fingerprint density at radius 2 is 1.64 bits per heavy atom. The lowest BCUT2D eigenvalue weighted by molar-refractivity contribution is -0.222. The van der Waals surface area contributed by atoms with Crippen molar-refractivity contribution in [3.05, 3.63) is 59.3 Å². The highest BCUT2D eigenvalue weighted by Crippen LogP contribution is 2.23. The quantitative estimate of drug-likeness (QED) is 0.411. The molecule has 1 saturated heterocycles. The van der Waals surface area contributed by atoms with E-state index in [0.29, 0.717) is 21.7 Å². The molecule has 0 aliphatic carbocycles. The van der Waals surface area contributed by atoms with Gasteiger partial charge in [0.2, 0.25) is 0 Å². The number of ether oxygens (including phenoxy) is 2. The van der Waals surface area contributed by atoms with Crippen LogP contribution in [0.15, 0.2) is 54.2 Å². The zero-order valence-electron chi connectivity index (χ0n) is 15.0. The molecule has 0 bridgehead atoms. The fraction of sp³-hybridized carbons (Fsp3) is 0.158. The molecule has 0 unspecified atom stereocenters. The summed E-state index contributed by atoms with van der Waals surface area (Å²) in [6, 6.07) is 12.4. The van der Waals surface area contributed by atoms with E-state index in [9.17, 15) is 9.59 Å². The topological polar surface area (TPSA) is 95.3 Å². The Kier molecular flexibility index (Phi) is 4.27. The minimum absolute atomic E-state index is 0.218. The normalized spacial score (nSPS) is 15.9. The van der Waals surface area contributed by atoms with E-state index >= 15 is 0 Å². The molecule has 1 fully saturated rings. The lowest BCUT2D eigenvalue weighted by atomic mass is 10.2. The fourth-order valence-electron chi connectivity index (χ4n) is 2.63. The van der Waals surface area contributed by atoms with Crippen LogP contribution in [0.2, 0.25) is 5.02 Å². The van der Waals surface area contributed by atoms with Crippen molar-refractivity contribution in [3.63, 3.8) is 0 Å². The van der Waals surface area contributed by atoms with Crippen LogP contribution in [0.25, 0.3) is 16.7 Å². The molecule has 0 saturated carbocycles. The Morgan fingerprint density at radius 1 is 1.00 bits per heavy atom. The van der Waals surface area contributed by atoms with Gasteiger partial charge >= 0.3 is 11.9 Å². The van der Waals surface area contributed by atoms with Gasteiger partial charge in [0.05, 0.1) is 5.69 Å². The summed E-state index contributed by atoms with van der Waals surface area (Å²) in [7, 11) is 0. The molecule has 3 aromatic rings. The van der Waals surface area contributed by atoms with Gasteiger partial charge in [0.25, 0.3) is 5.79 Å². The van der Waals surface area contributed by atoms with Gasteiger partial charge in [-0.25, -0.2) is 9.59 Å². The first-order valence-corrected chi connectivity index (χ1v) is 8.75. The molecular formula is C19H15ClN4O4. The molecule has 4 rings (SSSR count). The van der Waals surface area contributed by atoms with E-state index in [1.165, 1.54) is 24.8 Å². The minimum Gasteiger partial charge on any atom is -0.419 e. The summed E-state index contributed by atoms with van der Waals surface area (Å²) in [6.07, 6.45) is 1.25. The first-order valence-electron chi connectivity index (χ1n) is 8.37. The molecule has 0 radical (unpaired) electrons.